The van der Waals surface area contributed by atoms with Crippen molar-refractivity contribution in [3.8, 4) is 5.75 Å². The summed E-state index contributed by atoms with van der Waals surface area (Å²) in [5.41, 5.74) is 2.07. The first-order chi connectivity index (χ1) is 11.7. The van der Waals surface area contributed by atoms with Crippen LogP contribution >= 0.6 is 23.8 Å². The average molecular weight is 362 g/mol. The van der Waals surface area contributed by atoms with Gasteiger partial charge in [-0.1, -0.05) is 36.0 Å². The molecule has 0 bridgehead atoms. The number of halogens is 1. The Hall–Kier alpha value is -1.62. The van der Waals surface area contributed by atoms with Crippen LogP contribution in [0.1, 0.15) is 24.0 Å². The van der Waals surface area contributed by atoms with Gasteiger partial charge < -0.3 is 14.8 Å². The van der Waals surface area contributed by atoms with Gasteiger partial charge in [0.05, 0.1) is 6.10 Å². The maximum atomic E-state index is 5.88. The van der Waals surface area contributed by atoms with Crippen molar-refractivity contribution in [1.82, 2.24) is 5.32 Å². The molecule has 5 heteroatoms. The van der Waals surface area contributed by atoms with Crippen LogP contribution in [0, 0.1) is 0 Å². The van der Waals surface area contributed by atoms with E-state index in [0.29, 0.717) is 6.61 Å². The Bertz CT molecular complexity index is 667. The molecule has 126 valence electrons. The van der Waals surface area contributed by atoms with Gasteiger partial charge in [0.2, 0.25) is 0 Å². The summed E-state index contributed by atoms with van der Waals surface area (Å²) >= 11 is 11.3. The van der Waals surface area contributed by atoms with Gasteiger partial charge in [-0.05, 0) is 54.8 Å². The van der Waals surface area contributed by atoms with E-state index in [1.54, 1.807) is 0 Å². The van der Waals surface area contributed by atoms with E-state index >= 15 is 0 Å². The Morgan fingerprint density at radius 3 is 2.58 bits per heavy atom. The summed E-state index contributed by atoms with van der Waals surface area (Å²) < 4.78 is 11.4. The fraction of sp³-hybridized carbons (Fsp3) is 0.316. The number of ether oxygens (including phenoxy) is 2. The molecule has 2 aromatic rings. The third kappa shape index (κ3) is 4.94. The Labute approximate surface area is 152 Å². The number of nitrogens with one attached hydrogen (secondary N) is 1. The number of rotatable bonds is 6. The average Bonchev–Trinajstić information content (AvgIpc) is 3.13. The van der Waals surface area contributed by atoms with Crippen molar-refractivity contribution in [1.29, 1.82) is 0 Å². The Balaban J connectivity index is 1.48. The SMILES string of the molecule is S=C(NC[C@@H]1CCCO1)c1ccc(OCc2ccc(Cl)cc2)cc1. The van der Waals surface area contributed by atoms with E-state index in [0.717, 1.165) is 52.9 Å². The minimum absolute atomic E-state index is 0.282. The molecule has 1 aliphatic rings. The number of benzene rings is 2. The van der Waals surface area contributed by atoms with Crippen molar-refractivity contribution in [2.75, 3.05) is 13.2 Å². The molecule has 24 heavy (non-hydrogen) atoms. The number of thiocarbonyl (C=S) groups is 1. The normalized spacial score (nSPS) is 16.8. The van der Waals surface area contributed by atoms with Crippen molar-refractivity contribution < 1.29 is 9.47 Å². The molecule has 0 radical (unpaired) electrons. The fourth-order valence-corrected chi connectivity index (χ4v) is 2.91. The van der Waals surface area contributed by atoms with Crippen LogP contribution < -0.4 is 10.1 Å². The lowest BCUT2D eigenvalue weighted by atomic mass is 10.2. The second-order valence-corrected chi connectivity index (χ2v) is 6.63. The fourth-order valence-electron chi connectivity index (χ4n) is 2.56. The third-order valence-corrected chi connectivity index (χ3v) is 4.58. The molecule has 1 heterocycles. The van der Waals surface area contributed by atoms with Crippen LogP contribution in [0.15, 0.2) is 48.5 Å². The number of hydrogen-bond acceptors (Lipinski definition) is 3. The first-order valence-corrected chi connectivity index (χ1v) is 8.86. The van der Waals surface area contributed by atoms with Crippen LogP contribution in [0.5, 0.6) is 5.75 Å². The Kier molecular flexibility index (Phi) is 6.07. The maximum Gasteiger partial charge on any atom is 0.119 e. The Morgan fingerprint density at radius 2 is 1.92 bits per heavy atom. The van der Waals surface area contributed by atoms with Gasteiger partial charge in [-0.15, -0.1) is 0 Å². The second kappa shape index (κ2) is 8.47. The molecule has 1 N–H and O–H groups in total. The van der Waals surface area contributed by atoms with Gasteiger partial charge in [0.15, 0.2) is 0 Å². The van der Waals surface area contributed by atoms with E-state index in [-0.39, 0.29) is 6.10 Å². The van der Waals surface area contributed by atoms with Crippen molar-refractivity contribution >= 4 is 28.8 Å². The molecule has 1 saturated heterocycles. The van der Waals surface area contributed by atoms with Crippen LogP contribution in [0.2, 0.25) is 5.02 Å². The smallest absolute Gasteiger partial charge is 0.119 e. The summed E-state index contributed by atoms with van der Waals surface area (Å²) in [6, 6.07) is 15.5. The summed E-state index contributed by atoms with van der Waals surface area (Å²) in [4.78, 5) is 0.745. The van der Waals surface area contributed by atoms with Crippen molar-refractivity contribution in [3.05, 3.63) is 64.7 Å². The predicted octanol–water partition coefficient (Wildman–Crippen LogP) is 4.36. The first-order valence-electron chi connectivity index (χ1n) is 8.08. The quantitative estimate of drug-likeness (QED) is 0.774. The van der Waals surface area contributed by atoms with Gasteiger partial charge in [0, 0.05) is 23.7 Å². The predicted molar refractivity (Wildman–Crippen MR) is 101 cm³/mol. The molecule has 0 aromatic heterocycles. The van der Waals surface area contributed by atoms with Gasteiger partial charge in [0.25, 0.3) is 0 Å². The summed E-state index contributed by atoms with van der Waals surface area (Å²) in [6.07, 6.45) is 2.52. The highest BCUT2D eigenvalue weighted by Crippen LogP contribution is 2.16. The Morgan fingerprint density at radius 1 is 1.17 bits per heavy atom. The molecule has 1 fully saturated rings. The monoisotopic (exact) mass is 361 g/mol. The molecule has 0 saturated carbocycles. The summed E-state index contributed by atoms with van der Waals surface area (Å²) in [6.45, 7) is 2.14. The molecular formula is C19H20ClNO2S. The molecule has 2 aromatic carbocycles. The first kappa shape index (κ1) is 17.2. The van der Waals surface area contributed by atoms with Gasteiger partial charge in [-0.25, -0.2) is 0 Å². The molecular weight excluding hydrogens is 342 g/mol. The van der Waals surface area contributed by atoms with Crippen molar-refractivity contribution in [2.24, 2.45) is 0 Å². The van der Waals surface area contributed by atoms with Crippen LogP contribution in [-0.4, -0.2) is 24.2 Å². The minimum atomic E-state index is 0.282. The van der Waals surface area contributed by atoms with Crippen LogP contribution in [0.3, 0.4) is 0 Å². The van der Waals surface area contributed by atoms with Crippen molar-refractivity contribution in [3.63, 3.8) is 0 Å². The van der Waals surface area contributed by atoms with E-state index in [1.165, 1.54) is 0 Å². The second-order valence-electron chi connectivity index (χ2n) is 5.78. The molecule has 0 spiro atoms. The van der Waals surface area contributed by atoms with Gasteiger partial charge >= 0.3 is 0 Å². The summed E-state index contributed by atoms with van der Waals surface area (Å²) in [5, 5.41) is 4.01. The standard InChI is InChI=1S/C19H20ClNO2S/c20-16-7-3-14(4-8-16)13-23-17-9-5-15(6-10-17)19(24)21-12-18-2-1-11-22-18/h3-10,18H,1-2,11-13H2,(H,21,24)/t18-/m0/s1. The van der Waals surface area contributed by atoms with Gasteiger partial charge in [0.1, 0.15) is 17.3 Å². The highest BCUT2D eigenvalue weighted by Gasteiger charge is 2.15. The zero-order valence-electron chi connectivity index (χ0n) is 13.3. The zero-order chi connectivity index (χ0) is 16.8. The van der Waals surface area contributed by atoms with Crippen LogP contribution in [-0.2, 0) is 11.3 Å². The lowest BCUT2D eigenvalue weighted by Crippen LogP contribution is -2.31. The van der Waals surface area contributed by atoms with E-state index in [9.17, 15) is 0 Å². The van der Waals surface area contributed by atoms with Gasteiger partial charge in [-0.3, -0.25) is 0 Å². The third-order valence-electron chi connectivity index (χ3n) is 3.95. The lowest BCUT2D eigenvalue weighted by Gasteiger charge is -2.13. The molecule has 0 aliphatic carbocycles. The minimum Gasteiger partial charge on any atom is -0.489 e. The zero-order valence-corrected chi connectivity index (χ0v) is 14.9. The van der Waals surface area contributed by atoms with E-state index in [1.807, 2.05) is 48.5 Å². The van der Waals surface area contributed by atoms with Crippen molar-refractivity contribution in [2.45, 2.75) is 25.6 Å². The maximum absolute atomic E-state index is 5.88. The molecule has 3 nitrogen and oxygen atoms in total. The molecule has 1 atom stereocenters. The largest absolute Gasteiger partial charge is 0.489 e. The summed E-state index contributed by atoms with van der Waals surface area (Å²) in [5.74, 6) is 0.815. The summed E-state index contributed by atoms with van der Waals surface area (Å²) in [7, 11) is 0. The number of hydrogen-bond donors (Lipinski definition) is 1. The molecule has 3 rings (SSSR count). The molecule has 0 unspecified atom stereocenters. The molecule has 0 amide bonds. The lowest BCUT2D eigenvalue weighted by molar-refractivity contribution is 0.114. The van der Waals surface area contributed by atoms with Crippen LogP contribution in [0.25, 0.3) is 0 Å². The van der Waals surface area contributed by atoms with Crippen LogP contribution in [0.4, 0.5) is 0 Å². The molecule has 1 aliphatic heterocycles. The highest BCUT2D eigenvalue weighted by atomic mass is 35.5. The van der Waals surface area contributed by atoms with Gasteiger partial charge in [-0.2, -0.15) is 0 Å². The topological polar surface area (TPSA) is 30.5 Å². The van der Waals surface area contributed by atoms with E-state index < -0.39 is 0 Å². The van der Waals surface area contributed by atoms with E-state index in [4.69, 9.17) is 33.3 Å². The van der Waals surface area contributed by atoms with E-state index in [2.05, 4.69) is 5.32 Å². The highest BCUT2D eigenvalue weighted by molar-refractivity contribution is 7.80.